The Bertz CT molecular complexity index is 1190. The highest BCUT2D eigenvalue weighted by molar-refractivity contribution is 5.87. The maximum atomic E-state index is 10.6. The summed E-state index contributed by atoms with van der Waals surface area (Å²) < 4.78 is 6.22. The molecule has 184 valence electrons. The average molecular weight is 470 g/mol. The van der Waals surface area contributed by atoms with Crippen molar-refractivity contribution in [2.75, 3.05) is 23.8 Å². The van der Waals surface area contributed by atoms with E-state index in [2.05, 4.69) is 41.4 Å². The molecule has 1 fully saturated rings. The predicted octanol–water partition coefficient (Wildman–Crippen LogP) is 3.18. The first-order valence-corrected chi connectivity index (χ1v) is 11.7. The van der Waals surface area contributed by atoms with Crippen LogP contribution in [0.25, 0.3) is 22.3 Å². The van der Waals surface area contributed by atoms with Gasteiger partial charge >= 0.3 is 0 Å². The molecule has 0 aromatic carbocycles. The van der Waals surface area contributed by atoms with Crippen LogP contribution in [0, 0.1) is 32.1 Å². The Kier molecular flexibility index (Phi) is 6.54. The summed E-state index contributed by atoms with van der Waals surface area (Å²) in [5.41, 5.74) is 3.84. The lowest BCUT2D eigenvalue weighted by molar-refractivity contribution is 0.00446. The first kappa shape index (κ1) is 24.4. The van der Waals surface area contributed by atoms with Crippen molar-refractivity contribution in [3.63, 3.8) is 0 Å². The molecule has 0 spiro atoms. The lowest BCUT2D eigenvalue weighted by Gasteiger charge is -2.22. The number of aliphatic hydroxyl groups excluding tert-OH is 3. The molecule has 0 bridgehead atoms. The van der Waals surface area contributed by atoms with Crippen molar-refractivity contribution in [1.29, 1.82) is 0 Å². The van der Waals surface area contributed by atoms with Gasteiger partial charge in [0.15, 0.2) is 5.58 Å². The number of nitrogens with zero attached hydrogens (tertiary/aromatic N) is 3. The van der Waals surface area contributed by atoms with Gasteiger partial charge in [-0.1, -0.05) is 20.8 Å². The van der Waals surface area contributed by atoms with Gasteiger partial charge in [-0.05, 0) is 44.7 Å². The minimum absolute atomic E-state index is 0.0325. The zero-order valence-electron chi connectivity index (χ0n) is 20.7. The Hall–Kier alpha value is -2.75. The predicted molar refractivity (Wildman–Crippen MR) is 132 cm³/mol. The van der Waals surface area contributed by atoms with Crippen molar-refractivity contribution in [2.45, 2.75) is 66.2 Å². The summed E-state index contributed by atoms with van der Waals surface area (Å²) in [6.07, 6.45) is -1.62. The lowest BCUT2D eigenvalue weighted by Crippen LogP contribution is -2.35. The Morgan fingerprint density at radius 2 is 1.76 bits per heavy atom. The van der Waals surface area contributed by atoms with E-state index in [0.717, 1.165) is 16.8 Å². The molecule has 34 heavy (non-hydrogen) atoms. The van der Waals surface area contributed by atoms with Crippen molar-refractivity contribution < 1.29 is 19.7 Å². The van der Waals surface area contributed by atoms with Gasteiger partial charge in [0.2, 0.25) is 5.95 Å². The molecule has 0 radical (unpaired) electrons. The minimum Gasteiger partial charge on any atom is -0.454 e. The van der Waals surface area contributed by atoms with Crippen molar-refractivity contribution in [3.05, 3.63) is 29.2 Å². The second-order valence-corrected chi connectivity index (χ2v) is 10.6. The lowest BCUT2D eigenvalue weighted by atomic mass is 9.97. The van der Waals surface area contributed by atoms with Crippen molar-refractivity contribution in [1.82, 2.24) is 15.0 Å². The number of anilines is 2. The number of hydrogen-bond acceptors (Lipinski definition) is 9. The molecule has 9 nitrogen and oxygen atoms in total. The first-order valence-electron chi connectivity index (χ1n) is 11.7. The van der Waals surface area contributed by atoms with Crippen LogP contribution in [-0.2, 0) is 0 Å². The van der Waals surface area contributed by atoms with Crippen molar-refractivity contribution in [3.8, 4) is 11.3 Å². The quantitative estimate of drug-likeness (QED) is 0.369. The van der Waals surface area contributed by atoms with Gasteiger partial charge in [-0.3, -0.25) is 4.98 Å². The number of furan rings is 1. The second-order valence-electron chi connectivity index (χ2n) is 10.6. The standard InChI is InChI=1S/C25H35N5O4/c1-12-7-15-9-18(34-22(15)14(3)27-12)19-13(2)28-24(26-11-25(4,5)6)30-23(19)29-17-8-16(10-31)20(32)21(17)33/h7,9,16-17,20-21,31-33H,8,10-11H2,1-6H3,(H2,26,28,29,30). The minimum atomic E-state index is -1.03. The number of pyridine rings is 1. The Balaban J connectivity index is 1.78. The molecule has 0 aliphatic heterocycles. The molecule has 1 aliphatic carbocycles. The van der Waals surface area contributed by atoms with Crippen LogP contribution in [0.2, 0.25) is 0 Å². The Labute approximate surface area is 199 Å². The fraction of sp³-hybridized carbons (Fsp3) is 0.560. The molecule has 4 rings (SSSR count). The molecular weight excluding hydrogens is 434 g/mol. The third-order valence-corrected chi connectivity index (χ3v) is 6.27. The highest BCUT2D eigenvalue weighted by Crippen LogP contribution is 2.37. The molecular formula is C25H35N5O4. The third kappa shape index (κ3) is 4.87. The molecule has 1 saturated carbocycles. The van der Waals surface area contributed by atoms with Crippen LogP contribution in [0.1, 0.15) is 44.3 Å². The molecule has 0 amide bonds. The first-order chi connectivity index (χ1) is 16.0. The Morgan fingerprint density at radius 3 is 2.41 bits per heavy atom. The maximum Gasteiger partial charge on any atom is 0.224 e. The summed E-state index contributed by atoms with van der Waals surface area (Å²) in [6, 6.07) is 3.44. The molecule has 4 atom stereocenters. The molecule has 3 aromatic rings. The number of rotatable bonds is 6. The molecule has 9 heteroatoms. The van der Waals surface area contributed by atoms with E-state index in [9.17, 15) is 15.3 Å². The zero-order valence-corrected chi connectivity index (χ0v) is 20.7. The van der Waals surface area contributed by atoms with Gasteiger partial charge in [0, 0.05) is 30.1 Å². The van der Waals surface area contributed by atoms with Gasteiger partial charge in [-0.2, -0.15) is 4.98 Å². The smallest absolute Gasteiger partial charge is 0.224 e. The van der Waals surface area contributed by atoms with Gasteiger partial charge in [0.05, 0.1) is 29.1 Å². The summed E-state index contributed by atoms with van der Waals surface area (Å²) in [6.45, 7) is 12.6. The van der Waals surface area contributed by atoms with Crippen LogP contribution in [0.5, 0.6) is 0 Å². The number of fused-ring (bicyclic) bond motifs is 1. The van der Waals surface area contributed by atoms with Gasteiger partial charge in [0.25, 0.3) is 0 Å². The molecule has 4 unspecified atom stereocenters. The van der Waals surface area contributed by atoms with Crippen LogP contribution < -0.4 is 10.6 Å². The van der Waals surface area contributed by atoms with Crippen LogP contribution in [0.15, 0.2) is 16.5 Å². The number of nitrogens with one attached hydrogen (secondary N) is 2. The van der Waals surface area contributed by atoms with E-state index in [1.807, 2.05) is 32.9 Å². The van der Waals surface area contributed by atoms with Crippen LogP contribution in [0.3, 0.4) is 0 Å². The van der Waals surface area contributed by atoms with Crippen molar-refractivity contribution >= 4 is 22.7 Å². The maximum absolute atomic E-state index is 10.6. The van der Waals surface area contributed by atoms with E-state index in [1.54, 1.807) is 0 Å². The van der Waals surface area contributed by atoms with E-state index in [4.69, 9.17) is 9.40 Å². The molecule has 3 heterocycles. The fourth-order valence-electron chi connectivity index (χ4n) is 4.51. The largest absolute Gasteiger partial charge is 0.454 e. The SMILES string of the molecule is Cc1cc2cc(-c3c(C)nc(NCC(C)(C)C)nc3NC3CC(CO)C(O)C3O)oc2c(C)n1. The summed E-state index contributed by atoms with van der Waals surface area (Å²) >= 11 is 0. The molecule has 3 aromatic heterocycles. The summed E-state index contributed by atoms with van der Waals surface area (Å²) in [7, 11) is 0. The number of aromatic nitrogens is 3. The normalized spacial score (nSPS) is 23.0. The monoisotopic (exact) mass is 469 g/mol. The number of aliphatic hydroxyl groups is 3. The Morgan fingerprint density at radius 1 is 1.03 bits per heavy atom. The van der Waals surface area contributed by atoms with E-state index in [-0.39, 0.29) is 12.0 Å². The fourth-order valence-corrected chi connectivity index (χ4v) is 4.51. The number of hydrogen-bond donors (Lipinski definition) is 5. The van der Waals surface area contributed by atoms with Gasteiger partial charge in [0.1, 0.15) is 17.7 Å². The van der Waals surface area contributed by atoms with Crippen LogP contribution >= 0.6 is 0 Å². The molecule has 1 aliphatic rings. The van der Waals surface area contributed by atoms with Crippen molar-refractivity contribution in [2.24, 2.45) is 11.3 Å². The van der Waals surface area contributed by atoms with E-state index in [0.29, 0.717) is 47.3 Å². The van der Waals surface area contributed by atoms with E-state index in [1.165, 1.54) is 0 Å². The van der Waals surface area contributed by atoms with Gasteiger partial charge in [-0.15, -0.1) is 0 Å². The highest BCUT2D eigenvalue weighted by atomic mass is 16.3. The molecule has 0 saturated heterocycles. The average Bonchev–Trinajstić information content (AvgIpc) is 3.28. The van der Waals surface area contributed by atoms with Gasteiger partial charge < -0.3 is 30.4 Å². The summed E-state index contributed by atoms with van der Waals surface area (Å²) in [5.74, 6) is 1.16. The van der Waals surface area contributed by atoms with E-state index >= 15 is 0 Å². The van der Waals surface area contributed by atoms with Crippen LogP contribution in [0.4, 0.5) is 11.8 Å². The highest BCUT2D eigenvalue weighted by Gasteiger charge is 2.41. The van der Waals surface area contributed by atoms with Gasteiger partial charge in [-0.25, -0.2) is 4.98 Å². The van der Waals surface area contributed by atoms with Crippen LogP contribution in [-0.4, -0.2) is 61.7 Å². The summed E-state index contributed by atoms with van der Waals surface area (Å²) in [4.78, 5) is 13.9. The van der Waals surface area contributed by atoms with E-state index < -0.39 is 24.2 Å². The number of aryl methyl sites for hydroxylation is 3. The third-order valence-electron chi connectivity index (χ3n) is 6.27. The topological polar surface area (TPSA) is 137 Å². The molecule has 5 N–H and O–H groups in total. The second kappa shape index (κ2) is 9.13. The summed E-state index contributed by atoms with van der Waals surface area (Å²) in [5, 5.41) is 38.0. The zero-order chi connectivity index (χ0) is 24.8.